The van der Waals surface area contributed by atoms with Crippen LogP contribution in [0.15, 0.2) is 30.3 Å². The normalized spacial score (nSPS) is 16.0. The lowest BCUT2D eigenvalue weighted by Gasteiger charge is -2.30. The van der Waals surface area contributed by atoms with Crippen LogP contribution < -0.4 is 10.6 Å². The van der Waals surface area contributed by atoms with Gasteiger partial charge in [0.1, 0.15) is 0 Å². The number of anilines is 1. The number of aryl methyl sites for hydroxylation is 1. The fraction of sp³-hybridized carbons (Fsp3) is 0.444. The summed E-state index contributed by atoms with van der Waals surface area (Å²) in [6, 6.07) is 10.4. The molecular weight excluding hydrogens is 272 g/mol. The molecule has 4 heteroatoms. The van der Waals surface area contributed by atoms with Gasteiger partial charge in [-0.15, -0.1) is 0 Å². The summed E-state index contributed by atoms with van der Waals surface area (Å²) in [5.74, 6) is 1.62. The van der Waals surface area contributed by atoms with Crippen LogP contribution in [0.5, 0.6) is 0 Å². The largest absolute Gasteiger partial charge is 0.341 e. The molecule has 0 aliphatic carbocycles. The Bertz CT molecular complexity index is 628. The number of nitrogens with zero attached hydrogens (tertiary/aromatic N) is 3. The number of nitrogens with two attached hydrogens (primary N) is 1. The average Bonchev–Trinajstić information content (AvgIpc) is 2.55. The molecule has 1 aliphatic heterocycles. The highest BCUT2D eigenvalue weighted by molar-refractivity contribution is 5.61. The van der Waals surface area contributed by atoms with E-state index in [0.29, 0.717) is 6.54 Å². The smallest absolute Gasteiger partial charge is 0.226 e. The summed E-state index contributed by atoms with van der Waals surface area (Å²) in [6.45, 7) is 6.91. The van der Waals surface area contributed by atoms with E-state index in [9.17, 15) is 0 Å². The Kier molecular flexibility index (Phi) is 4.39. The predicted octanol–water partition coefficient (Wildman–Crippen LogP) is 3.15. The first-order valence-corrected chi connectivity index (χ1v) is 8.05. The summed E-state index contributed by atoms with van der Waals surface area (Å²) in [7, 11) is 0. The molecule has 0 saturated carbocycles. The fourth-order valence-corrected chi connectivity index (χ4v) is 2.81. The van der Waals surface area contributed by atoms with Crippen LogP contribution in [0, 0.1) is 12.8 Å². The zero-order valence-electron chi connectivity index (χ0n) is 13.4. The average molecular weight is 296 g/mol. The number of benzene rings is 1. The van der Waals surface area contributed by atoms with Crippen molar-refractivity contribution in [3.63, 3.8) is 0 Å². The van der Waals surface area contributed by atoms with E-state index in [4.69, 9.17) is 10.7 Å². The van der Waals surface area contributed by atoms with Crippen molar-refractivity contribution in [3.05, 3.63) is 41.6 Å². The highest BCUT2D eigenvalue weighted by Gasteiger charge is 2.19. The van der Waals surface area contributed by atoms with E-state index >= 15 is 0 Å². The molecule has 0 bridgehead atoms. The number of piperidine rings is 1. The van der Waals surface area contributed by atoms with Crippen molar-refractivity contribution in [2.24, 2.45) is 11.7 Å². The van der Waals surface area contributed by atoms with Gasteiger partial charge < -0.3 is 10.6 Å². The lowest BCUT2D eigenvalue weighted by molar-refractivity contribution is 0.434. The quantitative estimate of drug-likeness (QED) is 0.945. The maximum absolute atomic E-state index is 5.83. The monoisotopic (exact) mass is 296 g/mol. The molecule has 1 aromatic carbocycles. The van der Waals surface area contributed by atoms with Gasteiger partial charge in [0.2, 0.25) is 5.95 Å². The molecule has 2 N–H and O–H groups in total. The molecule has 1 fully saturated rings. The molecule has 0 amide bonds. The zero-order valence-corrected chi connectivity index (χ0v) is 13.4. The van der Waals surface area contributed by atoms with E-state index in [2.05, 4.69) is 48.0 Å². The van der Waals surface area contributed by atoms with Crippen molar-refractivity contribution in [1.29, 1.82) is 0 Å². The molecule has 0 atom stereocenters. The van der Waals surface area contributed by atoms with Crippen LogP contribution in [-0.2, 0) is 6.54 Å². The van der Waals surface area contributed by atoms with E-state index in [1.165, 1.54) is 18.4 Å². The summed E-state index contributed by atoms with van der Waals surface area (Å²) in [4.78, 5) is 11.7. The summed E-state index contributed by atoms with van der Waals surface area (Å²) in [6.07, 6.45) is 2.41. The highest BCUT2D eigenvalue weighted by Crippen LogP contribution is 2.24. The highest BCUT2D eigenvalue weighted by atomic mass is 15.3. The van der Waals surface area contributed by atoms with E-state index in [-0.39, 0.29) is 0 Å². The van der Waals surface area contributed by atoms with Crippen molar-refractivity contribution in [2.45, 2.75) is 33.2 Å². The van der Waals surface area contributed by atoms with Gasteiger partial charge in [-0.1, -0.05) is 36.8 Å². The lowest BCUT2D eigenvalue weighted by Crippen LogP contribution is -2.34. The molecule has 2 heterocycles. The molecule has 1 saturated heterocycles. The van der Waals surface area contributed by atoms with Gasteiger partial charge in [-0.3, -0.25) is 0 Å². The van der Waals surface area contributed by atoms with Gasteiger partial charge in [0.05, 0.1) is 11.4 Å². The lowest BCUT2D eigenvalue weighted by atomic mass is 9.99. The van der Waals surface area contributed by atoms with Crippen molar-refractivity contribution >= 4 is 5.95 Å². The van der Waals surface area contributed by atoms with Gasteiger partial charge in [-0.25, -0.2) is 9.97 Å². The standard InChI is InChI=1S/C18H24N4/c1-13-3-5-15(6-4-13)17-11-16(12-19)20-18(21-17)22-9-7-14(2)8-10-22/h3-6,11,14H,7-10,12,19H2,1-2H3. The van der Waals surface area contributed by atoms with E-state index in [0.717, 1.165) is 41.9 Å². The minimum atomic E-state index is 0.443. The maximum atomic E-state index is 5.83. The van der Waals surface area contributed by atoms with Crippen LogP contribution >= 0.6 is 0 Å². The summed E-state index contributed by atoms with van der Waals surface area (Å²) in [5, 5.41) is 0. The topological polar surface area (TPSA) is 55.0 Å². The Balaban J connectivity index is 1.94. The molecule has 116 valence electrons. The number of hydrogen-bond acceptors (Lipinski definition) is 4. The second-order valence-electron chi connectivity index (χ2n) is 6.28. The Morgan fingerprint density at radius 1 is 1.14 bits per heavy atom. The van der Waals surface area contributed by atoms with Crippen LogP contribution in [0.1, 0.15) is 31.0 Å². The molecule has 0 spiro atoms. The van der Waals surface area contributed by atoms with E-state index in [1.807, 2.05) is 6.07 Å². The number of hydrogen-bond donors (Lipinski definition) is 1. The van der Waals surface area contributed by atoms with E-state index in [1.54, 1.807) is 0 Å². The zero-order chi connectivity index (χ0) is 15.5. The number of aromatic nitrogens is 2. The van der Waals surface area contributed by atoms with Crippen molar-refractivity contribution in [1.82, 2.24) is 9.97 Å². The minimum absolute atomic E-state index is 0.443. The minimum Gasteiger partial charge on any atom is -0.341 e. The molecule has 22 heavy (non-hydrogen) atoms. The third-order valence-electron chi connectivity index (χ3n) is 4.39. The van der Waals surface area contributed by atoms with Crippen molar-refractivity contribution in [2.75, 3.05) is 18.0 Å². The molecule has 3 rings (SSSR count). The number of rotatable bonds is 3. The maximum Gasteiger partial charge on any atom is 0.226 e. The molecule has 0 unspecified atom stereocenters. The third kappa shape index (κ3) is 3.28. The SMILES string of the molecule is Cc1ccc(-c2cc(CN)nc(N3CCC(C)CC3)n2)cc1. The Morgan fingerprint density at radius 3 is 2.45 bits per heavy atom. The van der Waals surface area contributed by atoms with Gasteiger partial charge in [0.25, 0.3) is 0 Å². The van der Waals surface area contributed by atoms with Crippen molar-refractivity contribution in [3.8, 4) is 11.3 Å². The van der Waals surface area contributed by atoms with Crippen molar-refractivity contribution < 1.29 is 0 Å². The Morgan fingerprint density at radius 2 is 1.82 bits per heavy atom. The van der Waals surface area contributed by atoms with E-state index < -0.39 is 0 Å². The van der Waals surface area contributed by atoms with Gasteiger partial charge in [-0.2, -0.15) is 0 Å². The summed E-state index contributed by atoms with van der Waals surface area (Å²) < 4.78 is 0. The third-order valence-corrected chi connectivity index (χ3v) is 4.39. The van der Waals surface area contributed by atoms with Gasteiger partial charge in [-0.05, 0) is 31.7 Å². The van der Waals surface area contributed by atoms with Crippen LogP contribution in [0.25, 0.3) is 11.3 Å². The van der Waals surface area contributed by atoms with Crippen LogP contribution in [0.2, 0.25) is 0 Å². The molecule has 2 aromatic rings. The Hall–Kier alpha value is -1.94. The molecule has 4 nitrogen and oxygen atoms in total. The van der Waals surface area contributed by atoms with Crippen LogP contribution in [-0.4, -0.2) is 23.1 Å². The summed E-state index contributed by atoms with van der Waals surface area (Å²) >= 11 is 0. The van der Waals surface area contributed by atoms with Crippen LogP contribution in [0.4, 0.5) is 5.95 Å². The first-order valence-electron chi connectivity index (χ1n) is 8.05. The molecular formula is C18H24N4. The fourth-order valence-electron chi connectivity index (χ4n) is 2.81. The predicted molar refractivity (Wildman–Crippen MR) is 90.7 cm³/mol. The van der Waals surface area contributed by atoms with Crippen LogP contribution in [0.3, 0.4) is 0 Å². The molecule has 1 aromatic heterocycles. The first-order chi connectivity index (χ1) is 10.7. The molecule has 1 aliphatic rings. The van der Waals surface area contributed by atoms with Gasteiger partial charge in [0.15, 0.2) is 0 Å². The second kappa shape index (κ2) is 6.44. The first kappa shape index (κ1) is 15.0. The van der Waals surface area contributed by atoms with Gasteiger partial charge >= 0.3 is 0 Å². The second-order valence-corrected chi connectivity index (χ2v) is 6.28. The Labute approximate surface area is 132 Å². The molecule has 0 radical (unpaired) electrons. The van der Waals surface area contributed by atoms with Gasteiger partial charge in [0, 0.05) is 25.2 Å². The summed E-state index contributed by atoms with van der Waals surface area (Å²) in [5.41, 5.74) is 10.1.